The Morgan fingerprint density at radius 2 is 2.18 bits per heavy atom. The van der Waals surface area contributed by atoms with Crippen molar-refractivity contribution in [2.75, 3.05) is 0 Å². The van der Waals surface area contributed by atoms with Crippen LogP contribution in [0, 0.1) is 6.92 Å². The SMILES string of the molecule is Cc1cc(CSc2ncccc2C(=O)OCc2cn3cc(Cl)ccc3n2)no1. The van der Waals surface area contributed by atoms with Crippen molar-refractivity contribution in [3.05, 3.63) is 76.7 Å². The molecule has 4 aromatic heterocycles. The molecule has 0 aliphatic carbocycles. The molecule has 0 amide bonds. The zero-order chi connectivity index (χ0) is 19.5. The molecular formula is C19H15ClN4O3S. The fourth-order valence-electron chi connectivity index (χ4n) is 2.59. The van der Waals surface area contributed by atoms with Crippen LogP contribution in [0.5, 0.6) is 0 Å². The van der Waals surface area contributed by atoms with Gasteiger partial charge in [0.25, 0.3) is 0 Å². The summed E-state index contributed by atoms with van der Waals surface area (Å²) < 4.78 is 12.3. The number of thioether (sulfide) groups is 1. The summed E-state index contributed by atoms with van der Waals surface area (Å²) in [4.78, 5) is 21.3. The number of ether oxygens (including phenoxy) is 1. The molecule has 4 rings (SSSR count). The van der Waals surface area contributed by atoms with Gasteiger partial charge in [0, 0.05) is 30.4 Å². The Bertz CT molecular complexity index is 1140. The normalized spacial score (nSPS) is 11.1. The van der Waals surface area contributed by atoms with Crippen molar-refractivity contribution in [2.24, 2.45) is 0 Å². The minimum atomic E-state index is -0.456. The van der Waals surface area contributed by atoms with Crippen molar-refractivity contribution >= 4 is 35.0 Å². The van der Waals surface area contributed by atoms with E-state index in [1.807, 2.05) is 13.0 Å². The van der Waals surface area contributed by atoms with Gasteiger partial charge in [-0.2, -0.15) is 0 Å². The monoisotopic (exact) mass is 414 g/mol. The van der Waals surface area contributed by atoms with Crippen LogP contribution in [0.3, 0.4) is 0 Å². The smallest absolute Gasteiger partial charge is 0.341 e. The minimum absolute atomic E-state index is 0.0552. The minimum Gasteiger partial charge on any atom is -0.455 e. The predicted octanol–water partition coefficient (Wildman–Crippen LogP) is 4.33. The van der Waals surface area contributed by atoms with Gasteiger partial charge in [-0.1, -0.05) is 28.5 Å². The summed E-state index contributed by atoms with van der Waals surface area (Å²) in [7, 11) is 0. The first-order chi connectivity index (χ1) is 13.6. The standard InChI is InChI=1S/C19H15ClN4O3S/c1-12-7-14(23-27-12)11-28-18-16(3-2-6-21-18)19(25)26-10-15-9-24-8-13(20)4-5-17(24)22-15/h2-9H,10-11H2,1H3. The Morgan fingerprint density at radius 3 is 3.00 bits per heavy atom. The number of imidazole rings is 1. The zero-order valence-electron chi connectivity index (χ0n) is 14.8. The average molecular weight is 415 g/mol. The molecule has 0 fully saturated rings. The van der Waals surface area contributed by atoms with Crippen LogP contribution in [-0.4, -0.2) is 25.5 Å². The second-order valence-electron chi connectivity index (χ2n) is 5.99. The van der Waals surface area contributed by atoms with E-state index in [1.165, 1.54) is 11.8 Å². The average Bonchev–Trinajstić information content (AvgIpc) is 3.29. The van der Waals surface area contributed by atoms with E-state index in [-0.39, 0.29) is 6.61 Å². The topological polar surface area (TPSA) is 82.5 Å². The number of pyridine rings is 2. The Labute approximate surface area is 169 Å². The number of nitrogens with zero attached hydrogens (tertiary/aromatic N) is 4. The molecule has 4 aromatic rings. The van der Waals surface area contributed by atoms with Gasteiger partial charge in [-0.25, -0.2) is 14.8 Å². The third-order valence-corrected chi connectivity index (χ3v) is 5.10. The van der Waals surface area contributed by atoms with Crippen LogP contribution < -0.4 is 0 Å². The lowest BCUT2D eigenvalue weighted by Crippen LogP contribution is -2.08. The maximum absolute atomic E-state index is 12.6. The van der Waals surface area contributed by atoms with Gasteiger partial charge in [-0.3, -0.25) is 0 Å². The summed E-state index contributed by atoms with van der Waals surface area (Å²) in [5.41, 5.74) is 2.55. The van der Waals surface area contributed by atoms with E-state index in [4.69, 9.17) is 20.9 Å². The third kappa shape index (κ3) is 4.18. The molecule has 0 spiro atoms. The van der Waals surface area contributed by atoms with Crippen LogP contribution in [0.4, 0.5) is 0 Å². The van der Waals surface area contributed by atoms with Crippen molar-refractivity contribution in [2.45, 2.75) is 24.3 Å². The first-order valence-corrected chi connectivity index (χ1v) is 9.75. The van der Waals surface area contributed by atoms with Gasteiger partial charge in [-0.15, -0.1) is 0 Å². The first-order valence-electron chi connectivity index (χ1n) is 8.39. The molecule has 0 unspecified atom stereocenters. The fraction of sp³-hybridized carbons (Fsp3) is 0.158. The van der Waals surface area contributed by atoms with Gasteiger partial charge >= 0.3 is 5.97 Å². The lowest BCUT2D eigenvalue weighted by molar-refractivity contribution is 0.0463. The summed E-state index contributed by atoms with van der Waals surface area (Å²) in [6, 6.07) is 8.80. The summed E-state index contributed by atoms with van der Waals surface area (Å²) in [6.45, 7) is 1.89. The van der Waals surface area contributed by atoms with Gasteiger partial charge in [0.1, 0.15) is 23.0 Å². The molecule has 7 nitrogen and oxygen atoms in total. The van der Waals surface area contributed by atoms with Gasteiger partial charge in [0.2, 0.25) is 0 Å². The van der Waals surface area contributed by atoms with Crippen LogP contribution in [0.15, 0.2) is 58.5 Å². The Morgan fingerprint density at radius 1 is 1.29 bits per heavy atom. The zero-order valence-corrected chi connectivity index (χ0v) is 16.4. The largest absolute Gasteiger partial charge is 0.455 e. The highest BCUT2D eigenvalue weighted by atomic mass is 35.5. The number of rotatable bonds is 6. The molecule has 0 radical (unpaired) electrons. The number of aromatic nitrogens is 4. The third-order valence-electron chi connectivity index (χ3n) is 3.84. The highest BCUT2D eigenvalue weighted by Crippen LogP contribution is 2.25. The Hall–Kier alpha value is -2.84. The van der Waals surface area contributed by atoms with Crippen molar-refractivity contribution in [1.29, 1.82) is 0 Å². The van der Waals surface area contributed by atoms with Gasteiger partial charge < -0.3 is 13.7 Å². The van der Waals surface area contributed by atoms with E-state index in [2.05, 4.69) is 15.1 Å². The van der Waals surface area contributed by atoms with Gasteiger partial charge in [0.15, 0.2) is 0 Å². The van der Waals surface area contributed by atoms with Crippen LogP contribution in [0.1, 0.15) is 27.5 Å². The van der Waals surface area contributed by atoms with E-state index < -0.39 is 5.97 Å². The maximum atomic E-state index is 12.6. The molecule has 4 heterocycles. The molecular weight excluding hydrogens is 400 g/mol. The Kier molecular flexibility index (Phi) is 5.31. The number of carbonyl (C=O) groups is 1. The van der Waals surface area contributed by atoms with Crippen molar-refractivity contribution in [1.82, 2.24) is 19.5 Å². The molecule has 0 saturated heterocycles. The van der Waals surface area contributed by atoms with Gasteiger partial charge in [-0.05, 0) is 31.2 Å². The molecule has 142 valence electrons. The molecule has 0 N–H and O–H groups in total. The molecule has 9 heteroatoms. The second kappa shape index (κ2) is 8.04. The lowest BCUT2D eigenvalue weighted by atomic mass is 10.3. The van der Waals surface area contributed by atoms with Crippen molar-refractivity contribution < 1.29 is 14.1 Å². The van der Waals surface area contributed by atoms with Crippen molar-refractivity contribution in [3.8, 4) is 0 Å². The van der Waals surface area contributed by atoms with Crippen molar-refractivity contribution in [3.63, 3.8) is 0 Å². The molecule has 0 aliphatic rings. The molecule has 0 aromatic carbocycles. The second-order valence-corrected chi connectivity index (χ2v) is 7.40. The van der Waals surface area contributed by atoms with Crippen LogP contribution in [-0.2, 0) is 17.1 Å². The van der Waals surface area contributed by atoms with E-state index >= 15 is 0 Å². The molecule has 0 atom stereocenters. The van der Waals surface area contributed by atoms with Gasteiger partial charge in [0.05, 0.1) is 22.0 Å². The van der Waals surface area contributed by atoms with Crippen LogP contribution in [0.2, 0.25) is 5.02 Å². The number of esters is 1. The van der Waals surface area contributed by atoms with E-state index in [1.54, 1.807) is 47.3 Å². The van der Waals surface area contributed by atoms with Crippen LogP contribution in [0.25, 0.3) is 5.65 Å². The number of hydrogen-bond donors (Lipinski definition) is 0. The number of carbonyl (C=O) groups excluding carboxylic acids is 1. The number of hydrogen-bond acceptors (Lipinski definition) is 7. The fourth-order valence-corrected chi connectivity index (χ4v) is 3.62. The summed E-state index contributed by atoms with van der Waals surface area (Å²) in [5.74, 6) is 0.828. The summed E-state index contributed by atoms with van der Waals surface area (Å²) in [6.07, 6.45) is 5.16. The number of halogens is 1. The summed E-state index contributed by atoms with van der Waals surface area (Å²) >= 11 is 7.37. The van der Waals surface area contributed by atoms with E-state index in [0.29, 0.717) is 27.1 Å². The van der Waals surface area contributed by atoms with E-state index in [9.17, 15) is 4.79 Å². The molecule has 28 heavy (non-hydrogen) atoms. The van der Waals surface area contributed by atoms with Crippen LogP contribution >= 0.6 is 23.4 Å². The predicted molar refractivity (Wildman–Crippen MR) is 104 cm³/mol. The van der Waals surface area contributed by atoms with E-state index in [0.717, 1.165) is 17.1 Å². The summed E-state index contributed by atoms with van der Waals surface area (Å²) in [5, 5.41) is 5.13. The number of fused-ring (bicyclic) bond motifs is 1. The first kappa shape index (κ1) is 18.5. The maximum Gasteiger partial charge on any atom is 0.341 e. The molecule has 0 bridgehead atoms. The highest BCUT2D eigenvalue weighted by Gasteiger charge is 2.16. The Balaban J connectivity index is 1.43. The lowest BCUT2D eigenvalue weighted by Gasteiger charge is -2.07. The quantitative estimate of drug-likeness (QED) is 0.343. The number of aryl methyl sites for hydroxylation is 1. The highest BCUT2D eigenvalue weighted by molar-refractivity contribution is 7.98. The molecule has 0 saturated carbocycles. The molecule has 0 aliphatic heterocycles.